The Balaban J connectivity index is 2.15. The predicted molar refractivity (Wildman–Crippen MR) is 64.2 cm³/mol. The number of nitriles is 1. The minimum atomic E-state index is 0.550. The molecule has 2 aromatic rings. The lowest BCUT2D eigenvalue weighted by Crippen LogP contribution is -2.06. The maximum atomic E-state index is 9.03. The van der Waals surface area contributed by atoms with E-state index in [-0.39, 0.29) is 0 Å². The van der Waals surface area contributed by atoms with Crippen LogP contribution in [0.3, 0.4) is 0 Å². The molecule has 0 spiro atoms. The van der Waals surface area contributed by atoms with Crippen LogP contribution in [0.5, 0.6) is 0 Å². The van der Waals surface area contributed by atoms with Crippen molar-refractivity contribution < 1.29 is 0 Å². The van der Waals surface area contributed by atoms with Gasteiger partial charge in [0.2, 0.25) is 0 Å². The van der Waals surface area contributed by atoms with Crippen molar-refractivity contribution in [1.29, 1.82) is 5.26 Å². The number of nitrogens with one attached hydrogen (secondary N) is 1. The lowest BCUT2D eigenvalue weighted by molar-refractivity contribution is 0.812. The molecule has 86 valence electrons. The summed E-state index contributed by atoms with van der Waals surface area (Å²) < 4.78 is 1.84. The molecule has 1 N–H and O–H groups in total. The summed E-state index contributed by atoms with van der Waals surface area (Å²) in [7, 11) is 1.89. The largest absolute Gasteiger partial charge is 0.377 e. The molecular weight excluding hydrogens is 214 g/mol. The lowest BCUT2D eigenvalue weighted by atomic mass is 10.1. The van der Waals surface area contributed by atoms with Crippen LogP contribution in [-0.2, 0) is 13.6 Å². The van der Waals surface area contributed by atoms with Crippen LogP contribution in [0, 0.1) is 18.3 Å². The Hall–Kier alpha value is -2.35. The number of hydrogen-bond acceptors (Lipinski definition) is 4. The Morgan fingerprint density at radius 1 is 1.47 bits per heavy atom. The second-order valence-electron chi connectivity index (χ2n) is 3.87. The smallest absolute Gasteiger partial charge is 0.151 e. The molecule has 0 aliphatic rings. The van der Waals surface area contributed by atoms with Crippen LogP contribution >= 0.6 is 0 Å². The minimum Gasteiger partial charge on any atom is -0.377 e. The average Bonchev–Trinajstić information content (AvgIpc) is 2.73. The highest BCUT2D eigenvalue weighted by Gasteiger charge is 2.04. The Kier molecular flexibility index (Phi) is 3.06. The normalized spacial score (nSPS) is 9.94. The first-order chi connectivity index (χ1) is 8.20. The van der Waals surface area contributed by atoms with Crippen molar-refractivity contribution in [1.82, 2.24) is 14.8 Å². The molecule has 0 bridgehead atoms. The molecule has 0 saturated heterocycles. The molecular formula is C12H13N5. The first-order valence-corrected chi connectivity index (χ1v) is 5.28. The molecule has 0 saturated carbocycles. The zero-order chi connectivity index (χ0) is 12.3. The van der Waals surface area contributed by atoms with Gasteiger partial charge in [0.1, 0.15) is 12.4 Å². The van der Waals surface area contributed by atoms with E-state index in [9.17, 15) is 0 Å². The summed E-state index contributed by atoms with van der Waals surface area (Å²) in [5.74, 6) is 0.828. The summed E-state index contributed by atoms with van der Waals surface area (Å²) in [4.78, 5) is 0. The van der Waals surface area contributed by atoms with Crippen molar-refractivity contribution in [3.05, 3.63) is 41.5 Å². The van der Waals surface area contributed by atoms with E-state index >= 15 is 0 Å². The molecule has 1 aromatic carbocycles. The fourth-order valence-corrected chi connectivity index (χ4v) is 1.55. The van der Waals surface area contributed by atoms with Crippen LogP contribution in [0.15, 0.2) is 24.5 Å². The number of nitrogens with zero attached hydrogens (tertiary/aromatic N) is 4. The Bertz CT molecular complexity index is 565. The summed E-state index contributed by atoms with van der Waals surface area (Å²) in [5.41, 5.74) is 2.54. The SMILES string of the molecule is Cc1ccc(NCc2nncn2C)c(C#N)c1. The number of rotatable bonds is 3. The molecule has 2 rings (SSSR count). The van der Waals surface area contributed by atoms with E-state index in [0.29, 0.717) is 12.1 Å². The van der Waals surface area contributed by atoms with Gasteiger partial charge in [-0.2, -0.15) is 5.26 Å². The first kappa shape index (κ1) is 11.1. The topological polar surface area (TPSA) is 66.5 Å². The van der Waals surface area contributed by atoms with Crippen LogP contribution in [0.2, 0.25) is 0 Å². The number of aromatic nitrogens is 3. The van der Waals surface area contributed by atoms with Crippen molar-refractivity contribution in [2.45, 2.75) is 13.5 Å². The molecule has 0 aliphatic carbocycles. The van der Waals surface area contributed by atoms with Gasteiger partial charge in [-0.1, -0.05) is 6.07 Å². The summed E-state index contributed by atoms with van der Waals surface area (Å²) >= 11 is 0. The van der Waals surface area contributed by atoms with Crippen LogP contribution in [0.1, 0.15) is 17.0 Å². The molecule has 0 radical (unpaired) electrons. The van der Waals surface area contributed by atoms with Gasteiger partial charge in [-0.05, 0) is 24.6 Å². The summed E-state index contributed by atoms with van der Waals surface area (Å²) in [5, 5.41) is 20.0. The second-order valence-corrected chi connectivity index (χ2v) is 3.87. The number of hydrogen-bond donors (Lipinski definition) is 1. The van der Waals surface area contributed by atoms with Gasteiger partial charge in [-0.25, -0.2) is 0 Å². The van der Waals surface area contributed by atoms with Gasteiger partial charge in [0.15, 0.2) is 5.82 Å². The van der Waals surface area contributed by atoms with E-state index in [0.717, 1.165) is 17.1 Å². The maximum absolute atomic E-state index is 9.03. The van der Waals surface area contributed by atoms with Crippen molar-refractivity contribution >= 4 is 5.69 Å². The van der Waals surface area contributed by atoms with E-state index in [2.05, 4.69) is 21.6 Å². The van der Waals surface area contributed by atoms with Gasteiger partial charge >= 0.3 is 0 Å². The third kappa shape index (κ3) is 2.42. The quantitative estimate of drug-likeness (QED) is 0.865. The van der Waals surface area contributed by atoms with E-state index in [1.54, 1.807) is 6.33 Å². The average molecular weight is 227 g/mol. The van der Waals surface area contributed by atoms with Crippen LogP contribution in [-0.4, -0.2) is 14.8 Å². The number of aryl methyl sites for hydroxylation is 2. The fourth-order valence-electron chi connectivity index (χ4n) is 1.55. The molecule has 0 unspecified atom stereocenters. The highest BCUT2D eigenvalue weighted by molar-refractivity contribution is 5.58. The van der Waals surface area contributed by atoms with Crippen molar-refractivity contribution in [2.75, 3.05) is 5.32 Å². The van der Waals surface area contributed by atoms with Gasteiger partial charge in [0.05, 0.1) is 17.8 Å². The molecule has 1 aromatic heterocycles. The van der Waals surface area contributed by atoms with Crippen molar-refractivity contribution in [2.24, 2.45) is 7.05 Å². The van der Waals surface area contributed by atoms with E-state index in [4.69, 9.17) is 5.26 Å². The summed E-state index contributed by atoms with van der Waals surface area (Å²) in [6.45, 7) is 2.52. The molecule has 17 heavy (non-hydrogen) atoms. The Morgan fingerprint density at radius 3 is 2.94 bits per heavy atom. The molecule has 0 amide bonds. The van der Waals surface area contributed by atoms with E-state index in [1.165, 1.54) is 0 Å². The van der Waals surface area contributed by atoms with Gasteiger partial charge in [-0.3, -0.25) is 0 Å². The van der Waals surface area contributed by atoms with Gasteiger partial charge in [0.25, 0.3) is 0 Å². The van der Waals surface area contributed by atoms with Gasteiger partial charge < -0.3 is 9.88 Å². The molecule has 5 heteroatoms. The minimum absolute atomic E-state index is 0.550. The van der Waals surface area contributed by atoms with Gasteiger partial charge in [-0.15, -0.1) is 10.2 Å². The first-order valence-electron chi connectivity index (χ1n) is 5.28. The third-order valence-electron chi connectivity index (χ3n) is 2.54. The summed E-state index contributed by atoms with van der Waals surface area (Å²) in [6.07, 6.45) is 1.65. The standard InChI is InChI=1S/C12H13N5/c1-9-3-4-11(10(5-9)6-13)14-7-12-16-15-8-17(12)2/h3-5,8,14H,7H2,1-2H3. The van der Waals surface area contributed by atoms with Crippen LogP contribution in [0.25, 0.3) is 0 Å². The summed E-state index contributed by atoms with van der Waals surface area (Å²) in [6, 6.07) is 7.91. The lowest BCUT2D eigenvalue weighted by Gasteiger charge is -2.08. The van der Waals surface area contributed by atoms with Crippen LogP contribution in [0.4, 0.5) is 5.69 Å². The third-order valence-corrected chi connectivity index (χ3v) is 2.54. The zero-order valence-electron chi connectivity index (χ0n) is 9.81. The fraction of sp³-hybridized carbons (Fsp3) is 0.250. The monoisotopic (exact) mass is 227 g/mol. The second kappa shape index (κ2) is 4.66. The van der Waals surface area contributed by atoms with Crippen molar-refractivity contribution in [3.63, 3.8) is 0 Å². The Morgan fingerprint density at radius 2 is 2.29 bits per heavy atom. The Labute approximate surface area is 99.7 Å². The number of anilines is 1. The van der Waals surface area contributed by atoms with Crippen molar-refractivity contribution in [3.8, 4) is 6.07 Å². The molecule has 1 heterocycles. The predicted octanol–water partition coefficient (Wildman–Crippen LogP) is 1.61. The zero-order valence-corrected chi connectivity index (χ0v) is 9.81. The van der Waals surface area contributed by atoms with E-state index < -0.39 is 0 Å². The molecule has 0 atom stereocenters. The maximum Gasteiger partial charge on any atom is 0.151 e. The molecule has 5 nitrogen and oxygen atoms in total. The molecule has 0 fully saturated rings. The number of benzene rings is 1. The van der Waals surface area contributed by atoms with Gasteiger partial charge in [0, 0.05) is 7.05 Å². The highest BCUT2D eigenvalue weighted by atomic mass is 15.3. The van der Waals surface area contributed by atoms with E-state index in [1.807, 2.05) is 36.7 Å². The highest BCUT2D eigenvalue weighted by Crippen LogP contribution is 2.16. The molecule has 0 aliphatic heterocycles. The van der Waals surface area contributed by atoms with Crippen LogP contribution < -0.4 is 5.32 Å².